The zero-order valence-corrected chi connectivity index (χ0v) is 16.0. The number of aryl methyl sites for hydroxylation is 2. The van der Waals surface area contributed by atoms with Crippen LogP contribution in [-0.4, -0.2) is 56.7 Å². The van der Waals surface area contributed by atoms with Crippen molar-refractivity contribution in [3.05, 3.63) is 47.5 Å². The number of carbonyl (C=O) groups is 2. The lowest BCUT2D eigenvalue weighted by Crippen LogP contribution is -2.42. The van der Waals surface area contributed by atoms with Gasteiger partial charge in [0.1, 0.15) is 0 Å². The van der Waals surface area contributed by atoms with Crippen molar-refractivity contribution < 1.29 is 9.59 Å². The summed E-state index contributed by atoms with van der Waals surface area (Å²) in [5, 5.41) is 10.3. The van der Waals surface area contributed by atoms with Crippen LogP contribution in [0.25, 0.3) is 0 Å². The first-order valence-corrected chi connectivity index (χ1v) is 9.19. The molecule has 0 saturated carbocycles. The highest BCUT2D eigenvalue weighted by Gasteiger charge is 2.37. The lowest BCUT2D eigenvalue weighted by molar-refractivity contribution is -0.125. The maximum atomic E-state index is 12.5. The fraction of sp³-hybridized carbons (Fsp3) is 0.474. The molecule has 8 nitrogen and oxygen atoms in total. The number of nitrogens with one attached hydrogen (secondary N) is 2. The molecule has 1 aliphatic rings. The third kappa shape index (κ3) is 4.51. The molecule has 1 fully saturated rings. The van der Waals surface area contributed by atoms with Gasteiger partial charge in [-0.3, -0.25) is 24.2 Å². The Morgan fingerprint density at radius 1 is 1.37 bits per heavy atom. The second kappa shape index (κ2) is 8.30. The molecule has 8 heteroatoms. The van der Waals surface area contributed by atoms with Crippen LogP contribution in [0, 0.1) is 6.92 Å². The average molecular weight is 370 g/mol. The number of rotatable bonds is 6. The zero-order valence-electron chi connectivity index (χ0n) is 16.0. The average Bonchev–Trinajstić information content (AvgIpc) is 3.18. The molecule has 0 unspecified atom stereocenters. The minimum Gasteiger partial charge on any atom is -0.355 e. The van der Waals surface area contributed by atoms with E-state index < -0.39 is 0 Å². The third-order valence-electron chi connectivity index (χ3n) is 4.80. The van der Waals surface area contributed by atoms with Crippen molar-refractivity contribution in [2.24, 2.45) is 7.05 Å². The van der Waals surface area contributed by atoms with Crippen LogP contribution in [0.1, 0.15) is 35.0 Å². The number of nitrogens with zero attached hydrogens (tertiary/aromatic N) is 4. The molecule has 0 aromatic carbocycles. The summed E-state index contributed by atoms with van der Waals surface area (Å²) in [7, 11) is 1.89. The Bertz CT molecular complexity index is 804. The molecule has 3 rings (SSSR count). The fourth-order valence-electron chi connectivity index (χ4n) is 3.54. The molecule has 0 radical (unpaired) electrons. The summed E-state index contributed by atoms with van der Waals surface area (Å²) in [6, 6.07) is 3.10. The normalized spacial score (nSPS) is 19.8. The van der Waals surface area contributed by atoms with E-state index in [1.807, 2.05) is 27.1 Å². The lowest BCUT2D eigenvalue weighted by atomic mass is 10.1. The molecule has 0 bridgehead atoms. The topological polar surface area (TPSA) is 92.1 Å². The van der Waals surface area contributed by atoms with Gasteiger partial charge in [-0.15, -0.1) is 0 Å². The number of hydrogen-bond donors (Lipinski definition) is 2. The largest absolute Gasteiger partial charge is 0.355 e. The number of carbonyl (C=O) groups excluding carboxylic acids is 2. The lowest BCUT2D eigenvalue weighted by Gasteiger charge is -2.22. The minimum absolute atomic E-state index is 0.00262. The number of aromatic nitrogens is 3. The van der Waals surface area contributed by atoms with E-state index in [1.165, 1.54) is 0 Å². The number of pyridine rings is 1. The van der Waals surface area contributed by atoms with Crippen molar-refractivity contribution in [3.63, 3.8) is 0 Å². The summed E-state index contributed by atoms with van der Waals surface area (Å²) in [6.45, 7) is 5.70. The second-order valence-electron chi connectivity index (χ2n) is 6.90. The molecule has 2 aromatic heterocycles. The molecule has 1 saturated heterocycles. The molecule has 2 atom stereocenters. The van der Waals surface area contributed by atoms with E-state index in [4.69, 9.17) is 0 Å². The standard InChI is InChI=1S/C19H26N6O2/c1-4-21-19(27)17-8-16(22-18(26)14-6-5-7-20-9-14)12-25(17)11-15-10-24(3)23-13(15)2/h5-7,9-10,16-17H,4,8,11-12H2,1-3H3,(H,21,27)(H,22,26)/t16-,17-/m0/s1. The molecular formula is C19H26N6O2. The molecule has 144 valence electrons. The van der Waals surface area contributed by atoms with E-state index in [0.29, 0.717) is 31.6 Å². The van der Waals surface area contributed by atoms with Gasteiger partial charge in [-0.2, -0.15) is 5.10 Å². The van der Waals surface area contributed by atoms with Crippen LogP contribution in [0.2, 0.25) is 0 Å². The highest BCUT2D eigenvalue weighted by molar-refractivity contribution is 5.94. The van der Waals surface area contributed by atoms with E-state index in [2.05, 4.69) is 25.6 Å². The predicted molar refractivity (Wildman–Crippen MR) is 101 cm³/mol. The monoisotopic (exact) mass is 370 g/mol. The molecule has 2 N–H and O–H groups in total. The summed E-state index contributed by atoms with van der Waals surface area (Å²) in [5.74, 6) is -0.167. The molecule has 0 spiro atoms. The van der Waals surface area contributed by atoms with Crippen LogP contribution >= 0.6 is 0 Å². The quantitative estimate of drug-likeness (QED) is 0.778. The maximum absolute atomic E-state index is 12.5. The Labute approximate surface area is 159 Å². The van der Waals surface area contributed by atoms with Crippen LogP contribution in [0.3, 0.4) is 0 Å². The van der Waals surface area contributed by atoms with Crippen molar-refractivity contribution in [2.45, 2.75) is 38.9 Å². The number of hydrogen-bond acceptors (Lipinski definition) is 5. The SMILES string of the molecule is CCNC(=O)[C@@H]1C[C@H](NC(=O)c2cccnc2)CN1Cc1cn(C)nc1C. The van der Waals surface area contributed by atoms with Gasteiger partial charge in [-0.05, 0) is 32.4 Å². The van der Waals surface area contributed by atoms with Gasteiger partial charge in [0.15, 0.2) is 0 Å². The van der Waals surface area contributed by atoms with E-state index in [0.717, 1.165) is 11.3 Å². The highest BCUT2D eigenvalue weighted by Crippen LogP contribution is 2.22. The van der Waals surface area contributed by atoms with Crippen LogP contribution in [0.15, 0.2) is 30.7 Å². The van der Waals surface area contributed by atoms with Gasteiger partial charge in [0, 0.05) is 56.9 Å². The molecule has 27 heavy (non-hydrogen) atoms. The van der Waals surface area contributed by atoms with Crippen molar-refractivity contribution in [3.8, 4) is 0 Å². The van der Waals surface area contributed by atoms with Gasteiger partial charge >= 0.3 is 0 Å². The Morgan fingerprint density at radius 2 is 2.19 bits per heavy atom. The van der Waals surface area contributed by atoms with Gasteiger partial charge < -0.3 is 10.6 Å². The summed E-state index contributed by atoms with van der Waals surface area (Å²) < 4.78 is 1.78. The van der Waals surface area contributed by atoms with E-state index in [-0.39, 0.29) is 23.9 Å². The summed E-state index contributed by atoms with van der Waals surface area (Å²) >= 11 is 0. The Balaban J connectivity index is 1.71. The summed E-state index contributed by atoms with van der Waals surface area (Å²) in [5.41, 5.74) is 2.56. The first-order valence-electron chi connectivity index (χ1n) is 9.19. The molecule has 0 aliphatic carbocycles. The Morgan fingerprint density at radius 3 is 2.81 bits per heavy atom. The fourth-order valence-corrected chi connectivity index (χ4v) is 3.54. The predicted octanol–water partition coefficient (Wildman–Crippen LogP) is 0.633. The van der Waals surface area contributed by atoms with Crippen molar-refractivity contribution in [1.29, 1.82) is 0 Å². The van der Waals surface area contributed by atoms with E-state index in [1.54, 1.807) is 29.2 Å². The number of likely N-dealkylation sites (tertiary alicyclic amines) is 1. The van der Waals surface area contributed by atoms with Crippen LogP contribution in [-0.2, 0) is 18.4 Å². The summed E-state index contributed by atoms with van der Waals surface area (Å²) in [6.07, 6.45) is 5.74. The van der Waals surface area contributed by atoms with Crippen LogP contribution in [0.4, 0.5) is 0 Å². The second-order valence-corrected chi connectivity index (χ2v) is 6.90. The third-order valence-corrected chi connectivity index (χ3v) is 4.80. The van der Waals surface area contributed by atoms with Gasteiger partial charge in [0.05, 0.1) is 17.3 Å². The molecular weight excluding hydrogens is 344 g/mol. The Kier molecular flexibility index (Phi) is 5.85. The maximum Gasteiger partial charge on any atom is 0.253 e. The molecule has 3 heterocycles. The van der Waals surface area contributed by atoms with E-state index >= 15 is 0 Å². The first kappa shape index (κ1) is 19.0. The van der Waals surface area contributed by atoms with Crippen molar-refractivity contribution in [2.75, 3.05) is 13.1 Å². The van der Waals surface area contributed by atoms with Gasteiger partial charge in [0.2, 0.25) is 5.91 Å². The smallest absolute Gasteiger partial charge is 0.253 e. The minimum atomic E-state index is -0.274. The Hall–Kier alpha value is -2.74. The first-order chi connectivity index (χ1) is 13.0. The van der Waals surface area contributed by atoms with Crippen LogP contribution < -0.4 is 10.6 Å². The van der Waals surface area contributed by atoms with Gasteiger partial charge in [-0.25, -0.2) is 0 Å². The number of likely N-dealkylation sites (N-methyl/N-ethyl adjacent to an activating group) is 1. The molecule has 2 aromatic rings. The zero-order chi connectivity index (χ0) is 19.4. The highest BCUT2D eigenvalue weighted by atomic mass is 16.2. The van der Waals surface area contributed by atoms with E-state index in [9.17, 15) is 9.59 Å². The molecule has 2 amide bonds. The van der Waals surface area contributed by atoms with Gasteiger partial charge in [-0.1, -0.05) is 0 Å². The van der Waals surface area contributed by atoms with Crippen molar-refractivity contribution in [1.82, 2.24) is 30.3 Å². The summed E-state index contributed by atoms with van der Waals surface area (Å²) in [4.78, 5) is 31.1. The molecule has 1 aliphatic heterocycles. The van der Waals surface area contributed by atoms with Gasteiger partial charge in [0.25, 0.3) is 5.91 Å². The van der Waals surface area contributed by atoms with Crippen LogP contribution in [0.5, 0.6) is 0 Å². The van der Waals surface area contributed by atoms with Crippen molar-refractivity contribution >= 4 is 11.8 Å². The number of amides is 2.